The zero-order chi connectivity index (χ0) is 14.3. The van der Waals surface area contributed by atoms with Crippen molar-refractivity contribution in [1.82, 2.24) is 5.32 Å². The van der Waals surface area contributed by atoms with Crippen LogP contribution in [-0.2, 0) is 19.9 Å². The molecule has 6 nitrogen and oxygen atoms in total. The number of nitrogens with two attached hydrogens (primary N) is 1. The predicted octanol–water partition coefficient (Wildman–Crippen LogP) is 0.266. The highest BCUT2D eigenvalue weighted by atomic mass is 32.3. The van der Waals surface area contributed by atoms with Crippen molar-refractivity contribution in [3.05, 3.63) is 11.6 Å². The largest absolute Gasteiger partial charge is 0.316 e. The maximum atomic E-state index is 12.0. The number of nitrogens with one attached hydrogen (secondary N) is 1. The number of hydrogen-bond donors (Lipinski definition) is 2. The second-order valence-corrected chi connectivity index (χ2v) is 9.61. The van der Waals surface area contributed by atoms with E-state index in [4.69, 9.17) is 5.14 Å². The van der Waals surface area contributed by atoms with Crippen LogP contribution >= 0.6 is 11.3 Å². The Bertz CT molecular complexity index is 676. The van der Waals surface area contributed by atoms with Crippen molar-refractivity contribution in [2.45, 2.75) is 27.7 Å². The molecule has 1 atom stereocenters. The molecule has 0 aliphatic carbocycles. The lowest BCUT2D eigenvalue weighted by molar-refractivity contribution is 0.544. The fourth-order valence-electron chi connectivity index (χ4n) is 2.11. The Kier molecular flexibility index (Phi) is 4.03. The number of fused-ring (bicyclic) bond motifs is 1. The van der Waals surface area contributed by atoms with Crippen molar-refractivity contribution in [1.29, 1.82) is 0 Å². The minimum Gasteiger partial charge on any atom is -0.316 e. The van der Waals surface area contributed by atoms with Crippen LogP contribution in [0.1, 0.15) is 24.8 Å². The maximum absolute atomic E-state index is 12.0. The smallest absolute Gasteiger partial charge is 0.247 e. The molecule has 2 rings (SSSR count). The van der Waals surface area contributed by atoms with Crippen LogP contribution in [0.15, 0.2) is 14.5 Å². The van der Waals surface area contributed by atoms with Gasteiger partial charge in [-0.15, -0.1) is 11.3 Å². The fraction of sp³-hybridized carbons (Fsp3) is 0.600. The van der Waals surface area contributed by atoms with Gasteiger partial charge in [0.15, 0.2) is 9.84 Å². The standard InChI is InChI=1S/C10H16N2O4S3/c1-2-12-6-7-3-4-18(13,14)10-8(7)5-9(17-10)19(11,15)16/h5,7,12H,2-4,6H2,1H3,(H2,11,15,16). The number of hydrogen-bond acceptors (Lipinski definition) is 6. The van der Waals surface area contributed by atoms with Crippen molar-refractivity contribution in [3.63, 3.8) is 0 Å². The van der Waals surface area contributed by atoms with Gasteiger partial charge in [0.25, 0.3) is 0 Å². The molecule has 1 aliphatic heterocycles. The highest BCUT2D eigenvalue weighted by molar-refractivity contribution is 7.95. The van der Waals surface area contributed by atoms with Crippen LogP contribution < -0.4 is 10.5 Å². The molecule has 19 heavy (non-hydrogen) atoms. The topological polar surface area (TPSA) is 106 Å². The predicted molar refractivity (Wildman–Crippen MR) is 73.6 cm³/mol. The number of rotatable bonds is 4. The van der Waals surface area contributed by atoms with Crippen molar-refractivity contribution in [2.75, 3.05) is 18.8 Å². The first-order chi connectivity index (χ1) is 8.75. The molecule has 1 aliphatic rings. The van der Waals surface area contributed by atoms with Gasteiger partial charge in [0.1, 0.15) is 8.42 Å². The summed E-state index contributed by atoms with van der Waals surface area (Å²) < 4.78 is 46.8. The number of primary sulfonamides is 1. The molecule has 0 saturated heterocycles. The van der Waals surface area contributed by atoms with E-state index in [1.807, 2.05) is 6.92 Å². The number of sulfonamides is 1. The van der Waals surface area contributed by atoms with E-state index in [-0.39, 0.29) is 20.1 Å². The van der Waals surface area contributed by atoms with Crippen LogP contribution in [0.2, 0.25) is 0 Å². The van der Waals surface area contributed by atoms with E-state index in [2.05, 4.69) is 5.32 Å². The minimum atomic E-state index is -3.86. The summed E-state index contributed by atoms with van der Waals surface area (Å²) in [5.41, 5.74) is 0.584. The second kappa shape index (κ2) is 5.13. The van der Waals surface area contributed by atoms with Gasteiger partial charge >= 0.3 is 0 Å². The van der Waals surface area contributed by atoms with Gasteiger partial charge < -0.3 is 5.32 Å². The van der Waals surface area contributed by atoms with Crippen LogP contribution in [0.25, 0.3) is 0 Å². The van der Waals surface area contributed by atoms with E-state index >= 15 is 0 Å². The molecule has 0 fully saturated rings. The second-order valence-electron chi connectivity index (χ2n) is 4.47. The Hall–Kier alpha value is -0.480. The average Bonchev–Trinajstić information content (AvgIpc) is 2.74. The highest BCUT2D eigenvalue weighted by Crippen LogP contribution is 2.40. The molecule has 0 aromatic carbocycles. The van der Waals surface area contributed by atoms with Crippen LogP contribution in [0.3, 0.4) is 0 Å². The van der Waals surface area contributed by atoms with Gasteiger partial charge in [-0.1, -0.05) is 6.92 Å². The molecule has 9 heteroatoms. The van der Waals surface area contributed by atoms with E-state index < -0.39 is 19.9 Å². The van der Waals surface area contributed by atoms with Crippen molar-refractivity contribution in [3.8, 4) is 0 Å². The minimum absolute atomic E-state index is 0.0187. The average molecular weight is 324 g/mol. The number of sulfone groups is 1. The molecule has 0 spiro atoms. The molecule has 0 radical (unpaired) electrons. The summed E-state index contributed by atoms with van der Waals surface area (Å²) in [6.07, 6.45) is 0.503. The molecule has 1 aromatic rings. The Morgan fingerprint density at radius 3 is 2.79 bits per heavy atom. The van der Waals surface area contributed by atoms with Crippen LogP contribution in [0, 0.1) is 0 Å². The maximum Gasteiger partial charge on any atom is 0.247 e. The molecule has 2 heterocycles. The van der Waals surface area contributed by atoms with Crippen LogP contribution in [0.4, 0.5) is 0 Å². The van der Waals surface area contributed by atoms with Gasteiger partial charge in [0.2, 0.25) is 10.0 Å². The normalized spacial score (nSPS) is 22.1. The van der Waals surface area contributed by atoms with Crippen LogP contribution in [-0.4, -0.2) is 35.7 Å². The third kappa shape index (κ3) is 3.00. The molecule has 108 valence electrons. The summed E-state index contributed by atoms with van der Waals surface area (Å²) in [6, 6.07) is 1.41. The van der Waals surface area contributed by atoms with Gasteiger partial charge in [-0.25, -0.2) is 22.0 Å². The monoisotopic (exact) mass is 324 g/mol. The van der Waals surface area contributed by atoms with Gasteiger partial charge in [-0.2, -0.15) is 0 Å². The summed E-state index contributed by atoms with van der Waals surface area (Å²) >= 11 is 0.758. The Labute approximate surface area is 117 Å². The highest BCUT2D eigenvalue weighted by Gasteiger charge is 2.34. The molecule has 0 amide bonds. The molecule has 1 unspecified atom stereocenters. The molecule has 1 aromatic heterocycles. The summed E-state index contributed by atoms with van der Waals surface area (Å²) in [6.45, 7) is 3.38. The van der Waals surface area contributed by atoms with Crippen molar-refractivity contribution in [2.24, 2.45) is 5.14 Å². The van der Waals surface area contributed by atoms with Gasteiger partial charge in [-0.3, -0.25) is 0 Å². The number of thiophene rings is 1. The van der Waals surface area contributed by atoms with Gasteiger partial charge in [0, 0.05) is 6.54 Å². The van der Waals surface area contributed by atoms with Gasteiger partial charge in [0.05, 0.1) is 5.75 Å². The van der Waals surface area contributed by atoms with Gasteiger partial charge in [-0.05, 0) is 30.5 Å². The molecule has 3 N–H and O–H groups in total. The SMILES string of the molecule is CCNCC1CCS(=O)(=O)c2sc(S(N)(=O)=O)cc21. The van der Waals surface area contributed by atoms with E-state index in [0.717, 1.165) is 17.9 Å². The number of likely N-dealkylation sites (N-methyl/N-ethyl adjacent to an activating group) is 1. The van der Waals surface area contributed by atoms with E-state index in [1.54, 1.807) is 0 Å². The lowest BCUT2D eigenvalue weighted by Gasteiger charge is -2.22. The molecule has 0 saturated carbocycles. The van der Waals surface area contributed by atoms with E-state index in [9.17, 15) is 16.8 Å². The lowest BCUT2D eigenvalue weighted by atomic mass is 9.99. The Morgan fingerprint density at radius 2 is 2.21 bits per heavy atom. The first-order valence-corrected chi connectivity index (χ1v) is 9.87. The lowest BCUT2D eigenvalue weighted by Crippen LogP contribution is -2.27. The van der Waals surface area contributed by atoms with E-state index in [1.165, 1.54) is 6.07 Å². The van der Waals surface area contributed by atoms with Crippen molar-refractivity contribution >= 4 is 31.2 Å². The van der Waals surface area contributed by atoms with E-state index in [0.29, 0.717) is 18.5 Å². The summed E-state index contributed by atoms with van der Waals surface area (Å²) in [5, 5.41) is 8.24. The zero-order valence-electron chi connectivity index (χ0n) is 10.4. The molecular formula is C10H16N2O4S3. The summed E-state index contributed by atoms with van der Waals surface area (Å²) in [7, 11) is -7.23. The first-order valence-electron chi connectivity index (χ1n) is 5.85. The quantitative estimate of drug-likeness (QED) is 0.826. The molecule has 0 bridgehead atoms. The molecular weight excluding hydrogens is 308 g/mol. The van der Waals surface area contributed by atoms with Crippen molar-refractivity contribution < 1.29 is 16.8 Å². The Balaban J connectivity index is 2.50. The third-order valence-electron chi connectivity index (χ3n) is 3.08. The fourth-order valence-corrected chi connectivity index (χ4v) is 6.38. The summed E-state index contributed by atoms with van der Waals surface area (Å²) in [5.74, 6) is 0.0749. The summed E-state index contributed by atoms with van der Waals surface area (Å²) in [4.78, 5) is 0. The Morgan fingerprint density at radius 1 is 1.53 bits per heavy atom. The first kappa shape index (κ1) is 14.9. The third-order valence-corrected chi connectivity index (χ3v) is 8.03. The van der Waals surface area contributed by atoms with Crippen LogP contribution in [0.5, 0.6) is 0 Å². The zero-order valence-corrected chi connectivity index (χ0v) is 12.9.